The molecule has 0 saturated heterocycles. The molecule has 0 aliphatic carbocycles. The molecule has 0 atom stereocenters. The Bertz CT molecular complexity index is 709. The molecule has 2 rings (SSSR count). The van der Waals surface area contributed by atoms with Crippen LogP contribution in [0.3, 0.4) is 0 Å². The standard InChI is InChI=1S/C10H9ClN2O3S2/c1-18(15,16)13-12-10(14)8-5-17-9-3-2-6(11)4-7(8)9/h2-5,13H,1H3,(H,12,14). The highest BCUT2D eigenvalue weighted by Gasteiger charge is 2.13. The summed E-state index contributed by atoms with van der Waals surface area (Å²) in [4.78, 5) is 13.7. The smallest absolute Gasteiger partial charge is 0.267 e. The maximum Gasteiger partial charge on any atom is 0.267 e. The lowest BCUT2D eigenvalue weighted by molar-refractivity contribution is 0.0947. The second kappa shape index (κ2) is 4.85. The van der Waals surface area contributed by atoms with Crippen molar-refractivity contribution in [3.63, 3.8) is 0 Å². The Morgan fingerprint density at radius 2 is 2.11 bits per heavy atom. The lowest BCUT2D eigenvalue weighted by Crippen LogP contribution is -2.40. The van der Waals surface area contributed by atoms with Crippen molar-refractivity contribution in [3.8, 4) is 0 Å². The van der Waals surface area contributed by atoms with Crippen LogP contribution >= 0.6 is 22.9 Å². The average molecular weight is 305 g/mol. The Morgan fingerprint density at radius 3 is 2.78 bits per heavy atom. The summed E-state index contributed by atoms with van der Waals surface area (Å²) in [6.45, 7) is 0. The molecule has 5 nitrogen and oxygen atoms in total. The molecule has 1 heterocycles. The Morgan fingerprint density at radius 1 is 1.39 bits per heavy atom. The van der Waals surface area contributed by atoms with Crippen molar-refractivity contribution in [2.24, 2.45) is 0 Å². The molecule has 0 fully saturated rings. The molecule has 0 saturated carbocycles. The SMILES string of the molecule is CS(=O)(=O)NNC(=O)c1csc2ccc(Cl)cc12. The van der Waals surface area contributed by atoms with E-state index in [9.17, 15) is 13.2 Å². The molecular weight excluding hydrogens is 296 g/mol. The van der Waals surface area contributed by atoms with Crippen molar-refractivity contribution in [2.45, 2.75) is 0 Å². The van der Waals surface area contributed by atoms with Crippen molar-refractivity contribution in [1.29, 1.82) is 0 Å². The van der Waals surface area contributed by atoms with Gasteiger partial charge in [-0.3, -0.25) is 10.2 Å². The predicted molar refractivity (Wildman–Crippen MR) is 72.3 cm³/mol. The van der Waals surface area contributed by atoms with E-state index in [4.69, 9.17) is 11.6 Å². The summed E-state index contributed by atoms with van der Waals surface area (Å²) in [7, 11) is -3.48. The van der Waals surface area contributed by atoms with E-state index in [1.807, 2.05) is 10.9 Å². The number of thiophene rings is 1. The average Bonchev–Trinajstić information content (AvgIpc) is 2.67. The zero-order valence-corrected chi connectivity index (χ0v) is 11.6. The molecule has 0 radical (unpaired) electrons. The summed E-state index contributed by atoms with van der Waals surface area (Å²) in [5, 5.41) is 2.87. The summed E-state index contributed by atoms with van der Waals surface area (Å²) in [6.07, 6.45) is 0.954. The second-order valence-electron chi connectivity index (χ2n) is 3.62. The van der Waals surface area contributed by atoms with Gasteiger partial charge in [0.25, 0.3) is 5.91 Å². The van der Waals surface area contributed by atoms with E-state index in [0.717, 1.165) is 11.0 Å². The molecule has 18 heavy (non-hydrogen) atoms. The maximum absolute atomic E-state index is 11.8. The molecule has 1 aromatic carbocycles. The van der Waals surface area contributed by atoms with Crippen LogP contribution in [0.2, 0.25) is 5.02 Å². The molecule has 0 aliphatic heterocycles. The molecule has 0 spiro atoms. The van der Waals surface area contributed by atoms with Gasteiger partial charge in [-0.05, 0) is 18.2 Å². The fraction of sp³-hybridized carbons (Fsp3) is 0.100. The van der Waals surface area contributed by atoms with Gasteiger partial charge in [0.1, 0.15) is 0 Å². The third kappa shape index (κ3) is 2.99. The normalized spacial score (nSPS) is 11.7. The van der Waals surface area contributed by atoms with Gasteiger partial charge in [-0.25, -0.2) is 8.42 Å². The van der Waals surface area contributed by atoms with Gasteiger partial charge in [-0.15, -0.1) is 16.2 Å². The van der Waals surface area contributed by atoms with Gasteiger partial charge in [-0.2, -0.15) is 0 Å². The van der Waals surface area contributed by atoms with Gasteiger partial charge in [0.05, 0.1) is 11.8 Å². The van der Waals surface area contributed by atoms with Crippen LogP contribution in [0.1, 0.15) is 10.4 Å². The number of benzene rings is 1. The first-order valence-corrected chi connectivity index (χ1v) is 7.95. The van der Waals surface area contributed by atoms with E-state index in [2.05, 4.69) is 5.43 Å². The molecule has 96 valence electrons. The molecule has 0 unspecified atom stereocenters. The summed E-state index contributed by atoms with van der Waals surface area (Å²) >= 11 is 7.25. The summed E-state index contributed by atoms with van der Waals surface area (Å²) in [6, 6.07) is 5.21. The minimum Gasteiger partial charge on any atom is -0.274 e. The number of nitrogens with one attached hydrogen (secondary N) is 2. The summed E-state index contributed by atoms with van der Waals surface area (Å²) < 4.78 is 22.7. The molecule has 1 aromatic heterocycles. The van der Waals surface area contributed by atoms with Crippen LogP contribution in [0.15, 0.2) is 23.6 Å². The first-order chi connectivity index (χ1) is 8.37. The van der Waals surface area contributed by atoms with E-state index in [-0.39, 0.29) is 0 Å². The Balaban J connectivity index is 2.31. The van der Waals surface area contributed by atoms with Crippen molar-refractivity contribution in [2.75, 3.05) is 6.26 Å². The van der Waals surface area contributed by atoms with Crippen LogP contribution in [0.5, 0.6) is 0 Å². The highest BCUT2D eigenvalue weighted by Crippen LogP contribution is 2.28. The monoisotopic (exact) mass is 304 g/mol. The van der Waals surface area contributed by atoms with E-state index < -0.39 is 15.9 Å². The number of fused-ring (bicyclic) bond motifs is 1. The molecule has 2 N–H and O–H groups in total. The summed E-state index contributed by atoms with van der Waals surface area (Å²) in [5.41, 5.74) is 2.51. The quantitative estimate of drug-likeness (QED) is 0.848. The fourth-order valence-electron chi connectivity index (χ4n) is 1.38. The van der Waals surface area contributed by atoms with E-state index in [0.29, 0.717) is 16.0 Å². The van der Waals surface area contributed by atoms with Crippen LogP contribution in [0.25, 0.3) is 10.1 Å². The molecule has 2 aromatic rings. The molecule has 8 heteroatoms. The van der Waals surface area contributed by atoms with Crippen LogP contribution in [-0.2, 0) is 10.0 Å². The number of hydrazine groups is 1. The van der Waals surface area contributed by atoms with Gasteiger partial charge in [0.15, 0.2) is 0 Å². The number of carbonyl (C=O) groups excluding carboxylic acids is 1. The number of carbonyl (C=O) groups is 1. The minimum absolute atomic E-state index is 0.383. The van der Waals surface area contributed by atoms with Crippen molar-refractivity contribution < 1.29 is 13.2 Å². The predicted octanol–water partition coefficient (Wildman–Crippen LogP) is 1.75. The Kier molecular flexibility index (Phi) is 3.58. The first kappa shape index (κ1) is 13.3. The van der Waals surface area contributed by atoms with Gasteiger partial charge in [-0.1, -0.05) is 11.6 Å². The first-order valence-electron chi connectivity index (χ1n) is 4.81. The lowest BCUT2D eigenvalue weighted by Gasteiger charge is -2.04. The van der Waals surface area contributed by atoms with Crippen LogP contribution < -0.4 is 10.3 Å². The highest BCUT2D eigenvalue weighted by atomic mass is 35.5. The van der Waals surface area contributed by atoms with E-state index in [1.165, 1.54) is 11.3 Å². The molecule has 0 bridgehead atoms. The van der Waals surface area contributed by atoms with Crippen molar-refractivity contribution in [1.82, 2.24) is 10.3 Å². The third-order valence-corrected chi connectivity index (χ3v) is 3.80. The number of sulfonamides is 1. The number of hydrogen-bond acceptors (Lipinski definition) is 4. The molecule has 0 aliphatic rings. The molecule has 1 amide bonds. The second-order valence-corrected chi connectivity index (χ2v) is 6.71. The minimum atomic E-state index is -3.48. The van der Waals surface area contributed by atoms with Crippen molar-refractivity contribution >= 4 is 49.0 Å². The van der Waals surface area contributed by atoms with Crippen LogP contribution in [-0.4, -0.2) is 20.6 Å². The van der Waals surface area contributed by atoms with Gasteiger partial charge < -0.3 is 0 Å². The highest BCUT2D eigenvalue weighted by molar-refractivity contribution is 7.88. The lowest BCUT2D eigenvalue weighted by atomic mass is 10.2. The van der Waals surface area contributed by atoms with Gasteiger partial charge in [0, 0.05) is 20.5 Å². The van der Waals surface area contributed by atoms with E-state index >= 15 is 0 Å². The number of amides is 1. The topological polar surface area (TPSA) is 75.3 Å². The Hall–Kier alpha value is -1.15. The zero-order valence-electron chi connectivity index (χ0n) is 9.23. The van der Waals surface area contributed by atoms with Gasteiger partial charge in [0.2, 0.25) is 10.0 Å². The zero-order chi connectivity index (χ0) is 13.3. The fourth-order valence-corrected chi connectivity index (χ4v) is 2.76. The number of halogens is 1. The number of rotatable bonds is 3. The van der Waals surface area contributed by atoms with Crippen LogP contribution in [0.4, 0.5) is 0 Å². The maximum atomic E-state index is 11.8. The third-order valence-electron chi connectivity index (χ3n) is 2.13. The summed E-state index contributed by atoms with van der Waals surface area (Å²) in [5.74, 6) is -0.519. The van der Waals surface area contributed by atoms with E-state index in [1.54, 1.807) is 17.5 Å². The van der Waals surface area contributed by atoms with Gasteiger partial charge >= 0.3 is 0 Å². The number of hydrogen-bond donors (Lipinski definition) is 2. The largest absolute Gasteiger partial charge is 0.274 e. The van der Waals surface area contributed by atoms with Crippen molar-refractivity contribution in [3.05, 3.63) is 34.2 Å². The molecular formula is C10H9ClN2O3S2. The Labute approximate surface area is 113 Å². The van der Waals surface area contributed by atoms with Crippen LogP contribution in [0, 0.1) is 0 Å².